The largest absolute Gasteiger partial charge is 0.335 e. The molecule has 188 valence electrons. The van der Waals surface area contributed by atoms with E-state index >= 15 is 0 Å². The number of imidazole rings is 1. The first-order valence-corrected chi connectivity index (χ1v) is 12.3. The van der Waals surface area contributed by atoms with Gasteiger partial charge in [-0.1, -0.05) is 25.5 Å². The number of fused-ring (bicyclic) bond motifs is 2. The van der Waals surface area contributed by atoms with Crippen molar-refractivity contribution in [1.82, 2.24) is 35.1 Å². The Morgan fingerprint density at radius 1 is 1.05 bits per heavy atom. The Morgan fingerprint density at radius 2 is 1.97 bits per heavy atom. The number of hydrogen-bond acceptors (Lipinski definition) is 6. The predicted octanol–water partition coefficient (Wildman–Crippen LogP) is 5.89. The molecule has 0 aliphatic carbocycles. The molecule has 0 saturated carbocycles. The van der Waals surface area contributed by atoms with Crippen LogP contribution in [0.4, 0.5) is 10.1 Å². The molecule has 3 N–H and O–H groups in total. The van der Waals surface area contributed by atoms with Crippen molar-refractivity contribution in [3.05, 3.63) is 73.1 Å². The number of halogens is 1. The molecular weight excluding hydrogens is 483 g/mol. The molecule has 0 bridgehead atoms. The Labute approximate surface area is 216 Å². The number of amides is 1. The molecule has 0 fully saturated rings. The molecule has 10 heteroatoms. The minimum atomic E-state index is -0.315. The summed E-state index contributed by atoms with van der Waals surface area (Å²) in [6.45, 7) is 2.05. The van der Waals surface area contributed by atoms with Gasteiger partial charge >= 0.3 is 0 Å². The number of aromatic nitrogens is 7. The van der Waals surface area contributed by atoms with E-state index in [1.54, 1.807) is 30.9 Å². The topological polar surface area (TPSA) is 125 Å². The normalized spacial score (nSPS) is 11.3. The monoisotopic (exact) mass is 506 g/mol. The van der Waals surface area contributed by atoms with Crippen LogP contribution in [0.2, 0.25) is 0 Å². The van der Waals surface area contributed by atoms with Crippen LogP contribution in [-0.2, 0) is 4.79 Å². The van der Waals surface area contributed by atoms with Crippen molar-refractivity contribution in [2.75, 3.05) is 5.32 Å². The number of nitrogens with one attached hydrogen (secondary N) is 3. The van der Waals surface area contributed by atoms with Crippen molar-refractivity contribution >= 4 is 33.7 Å². The van der Waals surface area contributed by atoms with Crippen molar-refractivity contribution in [2.24, 2.45) is 0 Å². The van der Waals surface area contributed by atoms with Gasteiger partial charge in [-0.2, -0.15) is 5.10 Å². The van der Waals surface area contributed by atoms with Gasteiger partial charge in [-0.05, 0) is 42.3 Å². The number of benzene rings is 1. The van der Waals surface area contributed by atoms with Crippen molar-refractivity contribution in [1.29, 1.82) is 0 Å². The van der Waals surface area contributed by atoms with Crippen LogP contribution in [0.1, 0.15) is 26.2 Å². The lowest BCUT2D eigenvalue weighted by atomic mass is 10.1. The number of rotatable bonds is 7. The Kier molecular flexibility index (Phi) is 6.04. The molecule has 0 saturated heterocycles. The van der Waals surface area contributed by atoms with Gasteiger partial charge < -0.3 is 10.3 Å². The maximum Gasteiger partial charge on any atom is 0.224 e. The smallest absolute Gasteiger partial charge is 0.224 e. The van der Waals surface area contributed by atoms with Gasteiger partial charge in [-0.3, -0.25) is 19.9 Å². The van der Waals surface area contributed by atoms with Crippen LogP contribution >= 0.6 is 0 Å². The standard InChI is InChI=1S/C28H23FN8O/c1-2-3-7-24(38)33-19-11-17(13-30-14-19)22-12-21-23(15-32-22)36-37-26(21)28-34-25-20(8-9-31-27(25)35-28)16-5-4-6-18(29)10-16/h4-6,8-15H,2-3,7H2,1H3,(H,33,38)(H,36,37)(H,31,34,35). The molecule has 0 aliphatic rings. The lowest BCUT2D eigenvalue weighted by Crippen LogP contribution is -2.11. The van der Waals surface area contributed by atoms with E-state index in [4.69, 9.17) is 0 Å². The molecule has 5 aromatic heterocycles. The van der Waals surface area contributed by atoms with Crippen LogP contribution in [0.5, 0.6) is 0 Å². The Morgan fingerprint density at radius 3 is 2.84 bits per heavy atom. The molecule has 9 nitrogen and oxygen atoms in total. The molecule has 1 amide bonds. The summed E-state index contributed by atoms with van der Waals surface area (Å²) in [5, 5.41) is 11.2. The first-order valence-electron chi connectivity index (χ1n) is 12.3. The van der Waals surface area contributed by atoms with Crippen molar-refractivity contribution in [2.45, 2.75) is 26.2 Å². The lowest BCUT2D eigenvalue weighted by molar-refractivity contribution is -0.116. The zero-order valence-corrected chi connectivity index (χ0v) is 20.5. The van der Waals surface area contributed by atoms with E-state index < -0.39 is 0 Å². The molecule has 0 spiro atoms. The van der Waals surface area contributed by atoms with E-state index in [1.165, 1.54) is 12.1 Å². The Balaban J connectivity index is 1.37. The highest BCUT2D eigenvalue weighted by molar-refractivity contribution is 5.97. The highest BCUT2D eigenvalue weighted by Gasteiger charge is 2.17. The first-order chi connectivity index (χ1) is 18.6. The third-order valence-corrected chi connectivity index (χ3v) is 6.27. The quantitative estimate of drug-likeness (QED) is 0.248. The van der Waals surface area contributed by atoms with Crippen molar-refractivity contribution in [3.63, 3.8) is 0 Å². The third kappa shape index (κ3) is 4.47. The van der Waals surface area contributed by atoms with E-state index in [9.17, 15) is 9.18 Å². The zero-order valence-electron chi connectivity index (χ0n) is 20.5. The second-order valence-electron chi connectivity index (χ2n) is 8.95. The van der Waals surface area contributed by atoms with Crippen LogP contribution < -0.4 is 5.32 Å². The maximum atomic E-state index is 13.9. The van der Waals surface area contributed by atoms with Crippen LogP contribution in [0.25, 0.3) is 56.0 Å². The minimum Gasteiger partial charge on any atom is -0.335 e. The summed E-state index contributed by atoms with van der Waals surface area (Å²) < 4.78 is 13.9. The van der Waals surface area contributed by atoms with Gasteiger partial charge in [0.25, 0.3) is 0 Å². The van der Waals surface area contributed by atoms with Crippen LogP contribution in [0.15, 0.2) is 67.3 Å². The summed E-state index contributed by atoms with van der Waals surface area (Å²) in [6, 6.07) is 12.0. The van der Waals surface area contributed by atoms with E-state index in [2.05, 4.69) is 40.4 Å². The SMILES string of the molecule is CCCCC(=O)Nc1cncc(-c2cc3c(-c4nc5nccc(-c6cccc(F)c6)c5[nH]4)n[nH]c3cn2)c1. The summed E-state index contributed by atoms with van der Waals surface area (Å²) in [7, 11) is 0. The number of pyridine rings is 3. The molecule has 6 rings (SSSR count). The maximum absolute atomic E-state index is 13.9. The van der Waals surface area contributed by atoms with E-state index in [0.717, 1.165) is 40.4 Å². The molecule has 6 aromatic rings. The number of carbonyl (C=O) groups excluding carboxylic acids is 1. The Bertz CT molecular complexity index is 1790. The van der Waals surface area contributed by atoms with Crippen molar-refractivity contribution < 1.29 is 9.18 Å². The zero-order chi connectivity index (χ0) is 26.1. The van der Waals surface area contributed by atoms with Crippen molar-refractivity contribution in [3.8, 4) is 33.9 Å². The molecule has 1 aromatic carbocycles. The van der Waals surface area contributed by atoms with E-state index in [1.807, 2.05) is 31.2 Å². The highest BCUT2D eigenvalue weighted by Crippen LogP contribution is 2.32. The van der Waals surface area contributed by atoms with Gasteiger partial charge in [0, 0.05) is 35.3 Å². The molecule has 0 atom stereocenters. The first kappa shape index (κ1) is 23.4. The molecule has 0 aliphatic heterocycles. The summed E-state index contributed by atoms with van der Waals surface area (Å²) in [5.41, 5.74) is 6.09. The number of unbranched alkanes of at least 4 members (excludes halogenated alkanes) is 1. The van der Waals surface area contributed by atoms with Gasteiger partial charge in [0.2, 0.25) is 5.91 Å². The number of anilines is 1. The highest BCUT2D eigenvalue weighted by atomic mass is 19.1. The Hall–Kier alpha value is -4.99. The number of aromatic amines is 2. The third-order valence-electron chi connectivity index (χ3n) is 6.27. The van der Waals surface area contributed by atoms with Gasteiger partial charge in [0.1, 0.15) is 11.5 Å². The number of carbonyl (C=O) groups is 1. The number of hydrogen-bond donors (Lipinski definition) is 3. The van der Waals surface area contributed by atoms with Gasteiger partial charge in [0.15, 0.2) is 11.5 Å². The fraction of sp³-hybridized carbons (Fsp3) is 0.143. The molecule has 5 heterocycles. The molecular formula is C28H23FN8O. The molecule has 0 unspecified atom stereocenters. The lowest BCUT2D eigenvalue weighted by Gasteiger charge is -2.07. The predicted molar refractivity (Wildman–Crippen MR) is 144 cm³/mol. The van der Waals surface area contributed by atoms with Crippen LogP contribution in [0.3, 0.4) is 0 Å². The second kappa shape index (κ2) is 9.81. The molecule has 0 radical (unpaired) electrons. The summed E-state index contributed by atoms with van der Waals surface area (Å²) in [4.78, 5) is 33.4. The molecule has 38 heavy (non-hydrogen) atoms. The van der Waals surface area contributed by atoms with Gasteiger partial charge in [0.05, 0.1) is 34.8 Å². The average Bonchev–Trinajstić information content (AvgIpc) is 3.55. The van der Waals surface area contributed by atoms with E-state index in [0.29, 0.717) is 40.5 Å². The van der Waals surface area contributed by atoms with Crippen LogP contribution in [0, 0.1) is 5.82 Å². The minimum absolute atomic E-state index is 0.0394. The number of nitrogens with zero attached hydrogens (tertiary/aromatic N) is 5. The van der Waals surface area contributed by atoms with Crippen LogP contribution in [-0.4, -0.2) is 41.0 Å². The fourth-order valence-electron chi connectivity index (χ4n) is 4.38. The summed E-state index contributed by atoms with van der Waals surface area (Å²) >= 11 is 0. The summed E-state index contributed by atoms with van der Waals surface area (Å²) in [6.07, 6.45) is 8.93. The second-order valence-corrected chi connectivity index (χ2v) is 8.95. The fourth-order valence-corrected chi connectivity index (χ4v) is 4.38. The van der Waals surface area contributed by atoms with E-state index in [-0.39, 0.29) is 11.7 Å². The van der Waals surface area contributed by atoms with Gasteiger partial charge in [-0.15, -0.1) is 0 Å². The summed E-state index contributed by atoms with van der Waals surface area (Å²) in [5.74, 6) is 0.168. The average molecular weight is 507 g/mol. The number of H-pyrrole nitrogens is 2. The van der Waals surface area contributed by atoms with Gasteiger partial charge in [-0.25, -0.2) is 14.4 Å².